The third-order valence-corrected chi connectivity index (χ3v) is 3.92. The van der Waals surface area contributed by atoms with Gasteiger partial charge in [-0.3, -0.25) is 9.59 Å². The van der Waals surface area contributed by atoms with Gasteiger partial charge in [0.1, 0.15) is 11.5 Å². The van der Waals surface area contributed by atoms with Gasteiger partial charge in [0, 0.05) is 46.6 Å². The fourth-order valence-corrected chi connectivity index (χ4v) is 2.67. The number of methoxy groups -OCH3 is 1. The third-order valence-electron chi connectivity index (χ3n) is 3.92. The van der Waals surface area contributed by atoms with Crippen LogP contribution in [0.4, 0.5) is 5.82 Å². The minimum Gasteiger partial charge on any atom is -0.379 e. The summed E-state index contributed by atoms with van der Waals surface area (Å²) in [4.78, 5) is 30.1. The topological polar surface area (TPSA) is 83.6 Å². The first-order valence-corrected chi connectivity index (χ1v) is 7.26. The molecule has 0 aromatic carbocycles. The molecule has 0 spiro atoms. The molecule has 22 heavy (non-hydrogen) atoms. The van der Waals surface area contributed by atoms with Crippen LogP contribution in [0.15, 0.2) is 18.2 Å². The number of anilines is 1. The third kappa shape index (κ3) is 3.54. The van der Waals surface area contributed by atoms with Crippen LogP contribution in [-0.2, 0) is 9.53 Å². The van der Waals surface area contributed by atoms with E-state index in [1.54, 1.807) is 44.3 Å². The molecular formula is C15H22N4O3. The lowest BCUT2D eigenvalue weighted by atomic mass is 10.0. The first-order valence-electron chi connectivity index (χ1n) is 7.26. The van der Waals surface area contributed by atoms with Gasteiger partial charge in [-0.25, -0.2) is 4.98 Å². The zero-order valence-electron chi connectivity index (χ0n) is 13.1. The highest BCUT2D eigenvalue weighted by atomic mass is 16.5. The molecule has 0 unspecified atom stereocenters. The summed E-state index contributed by atoms with van der Waals surface area (Å²) in [6.07, 6.45) is 0.219. The van der Waals surface area contributed by atoms with Gasteiger partial charge in [0.15, 0.2) is 0 Å². The van der Waals surface area contributed by atoms with E-state index in [1.807, 2.05) is 0 Å². The molecule has 2 N–H and O–H groups in total. The van der Waals surface area contributed by atoms with E-state index in [0.29, 0.717) is 31.0 Å². The molecule has 2 amide bonds. The van der Waals surface area contributed by atoms with Crippen LogP contribution in [0.25, 0.3) is 0 Å². The largest absolute Gasteiger partial charge is 0.379 e. The Morgan fingerprint density at radius 2 is 2.14 bits per heavy atom. The highest BCUT2D eigenvalue weighted by Gasteiger charge is 2.37. The molecule has 120 valence electrons. The van der Waals surface area contributed by atoms with E-state index in [0.717, 1.165) is 0 Å². The number of carbonyl (C=O) groups excluding carboxylic acids is 2. The maximum Gasteiger partial charge on any atom is 0.272 e. The molecular weight excluding hydrogens is 284 g/mol. The van der Waals surface area contributed by atoms with Gasteiger partial charge >= 0.3 is 0 Å². The van der Waals surface area contributed by atoms with Crippen LogP contribution >= 0.6 is 0 Å². The normalized spacial score (nSPS) is 20.8. The van der Waals surface area contributed by atoms with Crippen molar-refractivity contribution in [2.75, 3.05) is 39.6 Å². The molecule has 1 aliphatic heterocycles. The van der Waals surface area contributed by atoms with Gasteiger partial charge in [-0.1, -0.05) is 6.07 Å². The van der Waals surface area contributed by atoms with Gasteiger partial charge in [-0.15, -0.1) is 0 Å². The predicted molar refractivity (Wildman–Crippen MR) is 82.7 cm³/mol. The Kier molecular flexibility index (Phi) is 5.32. The van der Waals surface area contributed by atoms with Crippen molar-refractivity contribution in [2.45, 2.75) is 12.5 Å². The van der Waals surface area contributed by atoms with Crippen molar-refractivity contribution in [1.82, 2.24) is 15.2 Å². The number of likely N-dealkylation sites (tertiary alicyclic amines) is 1. The minimum absolute atomic E-state index is 0.00128. The van der Waals surface area contributed by atoms with Gasteiger partial charge < -0.3 is 20.3 Å². The number of amides is 2. The average Bonchev–Trinajstić information content (AvgIpc) is 2.96. The minimum atomic E-state index is -0.140. The summed E-state index contributed by atoms with van der Waals surface area (Å²) in [6.45, 7) is 0.971. The molecule has 0 aliphatic carbocycles. The van der Waals surface area contributed by atoms with Crippen molar-refractivity contribution >= 4 is 17.6 Å². The lowest BCUT2D eigenvalue weighted by molar-refractivity contribution is -0.122. The number of carbonyl (C=O) groups is 2. The molecule has 0 bridgehead atoms. The van der Waals surface area contributed by atoms with Crippen LogP contribution in [0, 0.1) is 5.92 Å². The number of aromatic nitrogens is 1. The number of ether oxygens (including phenoxy) is 1. The van der Waals surface area contributed by atoms with E-state index in [4.69, 9.17) is 4.74 Å². The van der Waals surface area contributed by atoms with Gasteiger partial charge in [-0.05, 0) is 12.1 Å². The van der Waals surface area contributed by atoms with E-state index in [-0.39, 0.29) is 23.8 Å². The summed E-state index contributed by atoms with van der Waals surface area (Å²) in [7, 11) is 4.97. The summed E-state index contributed by atoms with van der Waals surface area (Å²) in [5.74, 6) is 0.465. The molecule has 0 radical (unpaired) electrons. The Hall–Kier alpha value is -2.15. The number of nitrogens with one attached hydrogen (secondary N) is 2. The van der Waals surface area contributed by atoms with Crippen LogP contribution in [0.1, 0.15) is 16.9 Å². The molecule has 2 atom stereocenters. The zero-order valence-corrected chi connectivity index (χ0v) is 13.1. The maximum absolute atomic E-state index is 12.6. The van der Waals surface area contributed by atoms with Crippen LogP contribution in [0.3, 0.4) is 0 Å². The van der Waals surface area contributed by atoms with Crippen molar-refractivity contribution in [1.29, 1.82) is 0 Å². The smallest absolute Gasteiger partial charge is 0.272 e. The fourth-order valence-electron chi connectivity index (χ4n) is 2.67. The SMILES string of the molecule is CNC(=O)C[C@H]1CN(C(=O)c2cccc(NC)n2)C[C@@H]1OC. The van der Waals surface area contributed by atoms with Crippen molar-refractivity contribution in [3.8, 4) is 0 Å². The predicted octanol–water partition coefficient (Wildman–Crippen LogP) is 0.346. The molecule has 1 aliphatic rings. The molecule has 2 heterocycles. The summed E-state index contributed by atoms with van der Waals surface area (Å²) in [6, 6.07) is 5.28. The second-order valence-electron chi connectivity index (χ2n) is 5.28. The first-order chi connectivity index (χ1) is 10.6. The number of nitrogens with zero attached hydrogens (tertiary/aromatic N) is 2. The Balaban J connectivity index is 2.09. The van der Waals surface area contributed by atoms with E-state index in [1.165, 1.54) is 0 Å². The quantitative estimate of drug-likeness (QED) is 0.820. The molecule has 1 saturated heterocycles. The average molecular weight is 306 g/mol. The summed E-state index contributed by atoms with van der Waals surface area (Å²) < 4.78 is 5.42. The molecule has 2 rings (SSSR count). The van der Waals surface area contributed by atoms with E-state index < -0.39 is 0 Å². The van der Waals surface area contributed by atoms with Crippen molar-refractivity contribution in [2.24, 2.45) is 5.92 Å². The standard InChI is InChI=1S/C15H22N4O3/c1-16-13-6-4-5-11(18-13)15(21)19-8-10(7-14(20)17-2)12(9-19)22-3/h4-6,10,12H,7-9H2,1-3H3,(H,16,18)(H,17,20)/t10-,12-/m0/s1. The Bertz CT molecular complexity index is 549. The lowest BCUT2D eigenvalue weighted by Crippen LogP contribution is -2.30. The second kappa shape index (κ2) is 7.22. The first kappa shape index (κ1) is 16.2. The van der Waals surface area contributed by atoms with Crippen LogP contribution in [-0.4, -0.2) is 62.1 Å². The molecule has 1 fully saturated rings. The van der Waals surface area contributed by atoms with E-state index in [9.17, 15) is 9.59 Å². The fraction of sp³-hybridized carbons (Fsp3) is 0.533. The Labute approximate surface area is 130 Å². The van der Waals surface area contributed by atoms with Crippen molar-refractivity contribution in [3.63, 3.8) is 0 Å². The van der Waals surface area contributed by atoms with Crippen LogP contribution in [0.2, 0.25) is 0 Å². The van der Waals surface area contributed by atoms with E-state index >= 15 is 0 Å². The molecule has 7 nitrogen and oxygen atoms in total. The lowest BCUT2D eigenvalue weighted by Gasteiger charge is -2.15. The number of rotatable bonds is 5. The molecule has 0 saturated carbocycles. The molecule has 1 aromatic heterocycles. The number of hydrogen-bond donors (Lipinski definition) is 2. The van der Waals surface area contributed by atoms with E-state index in [2.05, 4.69) is 15.6 Å². The highest BCUT2D eigenvalue weighted by Crippen LogP contribution is 2.24. The van der Waals surface area contributed by atoms with Crippen LogP contribution < -0.4 is 10.6 Å². The van der Waals surface area contributed by atoms with Gasteiger partial charge in [0.2, 0.25) is 5.91 Å². The van der Waals surface area contributed by atoms with Crippen molar-refractivity contribution < 1.29 is 14.3 Å². The van der Waals surface area contributed by atoms with Gasteiger partial charge in [0.25, 0.3) is 5.91 Å². The highest BCUT2D eigenvalue weighted by molar-refractivity contribution is 5.93. The molecule has 1 aromatic rings. The van der Waals surface area contributed by atoms with Crippen LogP contribution in [0.5, 0.6) is 0 Å². The summed E-state index contributed by atoms with van der Waals surface area (Å²) in [5, 5.41) is 5.52. The Morgan fingerprint density at radius 3 is 2.77 bits per heavy atom. The zero-order chi connectivity index (χ0) is 16.1. The molecule has 7 heteroatoms. The van der Waals surface area contributed by atoms with Crippen molar-refractivity contribution in [3.05, 3.63) is 23.9 Å². The Morgan fingerprint density at radius 1 is 1.36 bits per heavy atom. The van der Waals surface area contributed by atoms with Gasteiger partial charge in [-0.2, -0.15) is 0 Å². The second-order valence-corrected chi connectivity index (χ2v) is 5.28. The maximum atomic E-state index is 12.6. The van der Waals surface area contributed by atoms with Gasteiger partial charge in [0.05, 0.1) is 6.10 Å². The monoisotopic (exact) mass is 306 g/mol. The number of pyridine rings is 1. The summed E-state index contributed by atoms with van der Waals surface area (Å²) in [5.41, 5.74) is 0.391. The number of hydrogen-bond acceptors (Lipinski definition) is 5. The summed E-state index contributed by atoms with van der Waals surface area (Å²) >= 11 is 0.